The molecule has 1 fully saturated rings. The summed E-state index contributed by atoms with van der Waals surface area (Å²) in [5, 5.41) is 0. The highest BCUT2D eigenvalue weighted by molar-refractivity contribution is 5.87. The summed E-state index contributed by atoms with van der Waals surface area (Å²) in [4.78, 5) is 13.1. The summed E-state index contributed by atoms with van der Waals surface area (Å²) >= 11 is 0. The Balaban J connectivity index is 0. The Kier molecular flexibility index (Phi) is 9.54. The summed E-state index contributed by atoms with van der Waals surface area (Å²) in [5.41, 5.74) is 0. The van der Waals surface area contributed by atoms with Gasteiger partial charge in [0, 0.05) is 21.5 Å². The van der Waals surface area contributed by atoms with Crippen LogP contribution in [0.2, 0.25) is 0 Å². The first kappa shape index (κ1) is 16.7. The minimum atomic E-state index is 0. The molecule has 1 heterocycles. The van der Waals surface area contributed by atoms with E-state index in [1.165, 1.54) is 6.08 Å². The molecule has 15 heavy (non-hydrogen) atoms. The standard InChI is InChI=1S/C10H17NO.C2H6.B/c1-4-10(12)11-6-5-9(7-11)8(2)3;1-2;/h4,8-9H,1,5-7H2,2-3H3;1-2H3;. The zero-order chi connectivity index (χ0) is 11.1. The molecule has 1 rings (SSSR count). The second-order valence-electron chi connectivity index (χ2n) is 3.78. The smallest absolute Gasteiger partial charge is 0.245 e. The molecule has 0 aliphatic carbocycles. The molecule has 1 aliphatic heterocycles. The Labute approximate surface area is 96.3 Å². The molecule has 1 amide bonds. The van der Waals surface area contributed by atoms with E-state index < -0.39 is 0 Å². The minimum Gasteiger partial charge on any atom is -0.339 e. The van der Waals surface area contributed by atoms with E-state index in [4.69, 9.17) is 0 Å². The lowest BCUT2D eigenvalue weighted by Crippen LogP contribution is -2.27. The van der Waals surface area contributed by atoms with Crippen molar-refractivity contribution in [2.45, 2.75) is 34.1 Å². The van der Waals surface area contributed by atoms with E-state index >= 15 is 0 Å². The van der Waals surface area contributed by atoms with Gasteiger partial charge in [-0.25, -0.2) is 0 Å². The van der Waals surface area contributed by atoms with Crippen LogP contribution in [-0.4, -0.2) is 32.3 Å². The molecule has 0 spiro atoms. The number of carbonyl (C=O) groups excluding carboxylic acids is 1. The monoisotopic (exact) mass is 208 g/mol. The predicted molar refractivity (Wildman–Crippen MR) is 66.8 cm³/mol. The van der Waals surface area contributed by atoms with Crippen LogP contribution in [0.3, 0.4) is 0 Å². The maximum Gasteiger partial charge on any atom is 0.245 e. The molecule has 0 saturated carbocycles. The van der Waals surface area contributed by atoms with Crippen LogP contribution in [-0.2, 0) is 4.79 Å². The Bertz CT molecular complexity index is 192. The molecule has 1 atom stereocenters. The summed E-state index contributed by atoms with van der Waals surface area (Å²) in [6.07, 6.45) is 2.56. The van der Waals surface area contributed by atoms with Crippen molar-refractivity contribution >= 4 is 14.3 Å². The van der Waals surface area contributed by atoms with Crippen LogP contribution in [0.5, 0.6) is 0 Å². The van der Waals surface area contributed by atoms with E-state index in [2.05, 4.69) is 20.4 Å². The molecule has 0 bridgehead atoms. The number of rotatable bonds is 2. The Morgan fingerprint density at radius 1 is 1.47 bits per heavy atom. The van der Waals surface area contributed by atoms with Crippen molar-refractivity contribution in [3.8, 4) is 0 Å². The first-order chi connectivity index (χ1) is 6.65. The molecule has 0 aromatic carbocycles. The van der Waals surface area contributed by atoms with Crippen molar-refractivity contribution < 1.29 is 4.79 Å². The van der Waals surface area contributed by atoms with E-state index in [9.17, 15) is 4.79 Å². The molecular weight excluding hydrogens is 185 g/mol. The molecule has 85 valence electrons. The molecule has 1 aliphatic rings. The number of hydrogen-bond acceptors (Lipinski definition) is 1. The van der Waals surface area contributed by atoms with Gasteiger partial charge >= 0.3 is 0 Å². The molecule has 1 unspecified atom stereocenters. The lowest BCUT2D eigenvalue weighted by molar-refractivity contribution is -0.125. The van der Waals surface area contributed by atoms with Crippen LogP contribution < -0.4 is 0 Å². The second-order valence-corrected chi connectivity index (χ2v) is 3.78. The largest absolute Gasteiger partial charge is 0.339 e. The average Bonchev–Trinajstić information content (AvgIpc) is 2.68. The van der Waals surface area contributed by atoms with Gasteiger partial charge in [-0.3, -0.25) is 4.79 Å². The molecule has 3 heteroatoms. The third kappa shape index (κ3) is 5.05. The lowest BCUT2D eigenvalue weighted by atomic mass is 9.95. The fourth-order valence-electron chi connectivity index (χ4n) is 1.66. The highest BCUT2D eigenvalue weighted by Crippen LogP contribution is 2.23. The average molecular weight is 208 g/mol. The fraction of sp³-hybridized carbons (Fsp3) is 0.750. The topological polar surface area (TPSA) is 20.3 Å². The maximum absolute atomic E-state index is 11.2. The van der Waals surface area contributed by atoms with Crippen LogP contribution in [0.4, 0.5) is 0 Å². The number of amides is 1. The van der Waals surface area contributed by atoms with E-state index in [1.807, 2.05) is 18.7 Å². The SMILES string of the molecule is C=CC(=O)N1CCC(C(C)C)C1.CC.[B]. The van der Waals surface area contributed by atoms with Gasteiger partial charge < -0.3 is 4.90 Å². The Hall–Kier alpha value is -0.725. The van der Waals surface area contributed by atoms with Gasteiger partial charge in [0.05, 0.1) is 0 Å². The summed E-state index contributed by atoms with van der Waals surface area (Å²) < 4.78 is 0. The quantitative estimate of drug-likeness (QED) is 0.503. The number of nitrogens with zero attached hydrogens (tertiary/aromatic N) is 1. The summed E-state index contributed by atoms with van der Waals surface area (Å²) in [6.45, 7) is 13.7. The maximum atomic E-state index is 11.2. The molecule has 1 saturated heterocycles. The fourth-order valence-corrected chi connectivity index (χ4v) is 1.66. The molecule has 0 aromatic heterocycles. The molecule has 0 N–H and O–H groups in total. The number of carbonyl (C=O) groups is 1. The molecule has 3 radical (unpaired) electrons. The molecule has 2 nitrogen and oxygen atoms in total. The van der Waals surface area contributed by atoms with Gasteiger partial charge in [-0.15, -0.1) is 0 Å². The van der Waals surface area contributed by atoms with E-state index in [-0.39, 0.29) is 14.3 Å². The van der Waals surface area contributed by atoms with Gasteiger partial charge in [0.25, 0.3) is 0 Å². The van der Waals surface area contributed by atoms with Crippen LogP contribution >= 0.6 is 0 Å². The van der Waals surface area contributed by atoms with Gasteiger partial charge in [0.1, 0.15) is 0 Å². The van der Waals surface area contributed by atoms with Crippen molar-refractivity contribution in [3.63, 3.8) is 0 Å². The van der Waals surface area contributed by atoms with Crippen molar-refractivity contribution in [2.75, 3.05) is 13.1 Å². The molecule has 0 aromatic rings. The Morgan fingerprint density at radius 3 is 2.33 bits per heavy atom. The Morgan fingerprint density at radius 2 is 2.00 bits per heavy atom. The van der Waals surface area contributed by atoms with E-state index in [0.717, 1.165) is 19.5 Å². The van der Waals surface area contributed by atoms with Crippen LogP contribution in [0.25, 0.3) is 0 Å². The number of hydrogen-bond donors (Lipinski definition) is 0. The summed E-state index contributed by atoms with van der Waals surface area (Å²) in [7, 11) is 0. The van der Waals surface area contributed by atoms with Crippen LogP contribution in [0.15, 0.2) is 12.7 Å². The number of likely N-dealkylation sites (tertiary alicyclic amines) is 1. The van der Waals surface area contributed by atoms with Gasteiger partial charge in [0.15, 0.2) is 0 Å². The lowest BCUT2D eigenvalue weighted by Gasteiger charge is -2.16. The highest BCUT2D eigenvalue weighted by Gasteiger charge is 2.26. The van der Waals surface area contributed by atoms with Crippen LogP contribution in [0.1, 0.15) is 34.1 Å². The van der Waals surface area contributed by atoms with Gasteiger partial charge in [-0.2, -0.15) is 0 Å². The van der Waals surface area contributed by atoms with Crippen molar-refractivity contribution in [3.05, 3.63) is 12.7 Å². The zero-order valence-corrected chi connectivity index (χ0v) is 10.5. The zero-order valence-electron chi connectivity index (χ0n) is 10.5. The van der Waals surface area contributed by atoms with E-state index in [1.54, 1.807) is 0 Å². The van der Waals surface area contributed by atoms with E-state index in [0.29, 0.717) is 11.8 Å². The third-order valence-corrected chi connectivity index (χ3v) is 2.65. The predicted octanol–water partition coefficient (Wildman–Crippen LogP) is 2.32. The second kappa shape index (κ2) is 8.57. The third-order valence-electron chi connectivity index (χ3n) is 2.65. The molecular formula is C12H23BNO. The highest BCUT2D eigenvalue weighted by atomic mass is 16.2. The van der Waals surface area contributed by atoms with Gasteiger partial charge in [0.2, 0.25) is 5.91 Å². The van der Waals surface area contributed by atoms with Crippen molar-refractivity contribution in [1.82, 2.24) is 4.90 Å². The summed E-state index contributed by atoms with van der Waals surface area (Å²) in [6, 6.07) is 0. The minimum absolute atomic E-state index is 0. The van der Waals surface area contributed by atoms with Crippen molar-refractivity contribution in [1.29, 1.82) is 0 Å². The van der Waals surface area contributed by atoms with Gasteiger partial charge in [-0.1, -0.05) is 34.3 Å². The first-order valence-corrected chi connectivity index (χ1v) is 5.56. The first-order valence-electron chi connectivity index (χ1n) is 5.56. The van der Waals surface area contributed by atoms with Gasteiger partial charge in [-0.05, 0) is 24.3 Å². The summed E-state index contributed by atoms with van der Waals surface area (Å²) in [5.74, 6) is 1.46. The van der Waals surface area contributed by atoms with Crippen LogP contribution in [0, 0.1) is 11.8 Å². The van der Waals surface area contributed by atoms with Crippen molar-refractivity contribution in [2.24, 2.45) is 11.8 Å². The normalized spacial score (nSPS) is 19.0.